The number of ether oxygens (including phenoxy) is 1. The van der Waals surface area contributed by atoms with E-state index in [2.05, 4.69) is 9.72 Å². The molecule has 72 valence electrons. The van der Waals surface area contributed by atoms with Crippen molar-refractivity contribution in [2.75, 3.05) is 12.8 Å². The van der Waals surface area contributed by atoms with Crippen LogP contribution in [0.3, 0.4) is 0 Å². The van der Waals surface area contributed by atoms with E-state index in [0.29, 0.717) is 0 Å². The van der Waals surface area contributed by atoms with Gasteiger partial charge in [-0.05, 0) is 0 Å². The zero-order chi connectivity index (χ0) is 10.1. The Hall–Kier alpha value is -1.46. The third kappa shape index (κ3) is 2.01. The molecule has 1 aromatic rings. The summed E-state index contributed by atoms with van der Waals surface area (Å²) < 4.78 is 40.8. The maximum atomic E-state index is 12.1. The van der Waals surface area contributed by atoms with Gasteiger partial charge >= 0.3 is 6.18 Å². The number of anilines is 1. The van der Waals surface area contributed by atoms with Crippen LogP contribution in [-0.2, 0) is 6.18 Å². The van der Waals surface area contributed by atoms with E-state index in [1.807, 2.05) is 0 Å². The van der Waals surface area contributed by atoms with Crippen LogP contribution in [0.15, 0.2) is 12.3 Å². The highest BCUT2D eigenvalue weighted by Gasteiger charge is 2.33. The second-order valence-electron chi connectivity index (χ2n) is 2.31. The van der Waals surface area contributed by atoms with Crippen LogP contribution in [0.1, 0.15) is 5.69 Å². The smallest absolute Gasteiger partial charge is 0.433 e. The summed E-state index contributed by atoms with van der Waals surface area (Å²) in [6.45, 7) is 0. The van der Waals surface area contributed by atoms with Crippen molar-refractivity contribution in [1.82, 2.24) is 4.98 Å². The molecule has 0 aliphatic carbocycles. The van der Waals surface area contributed by atoms with Gasteiger partial charge in [-0.1, -0.05) is 0 Å². The molecule has 2 N–H and O–H groups in total. The first-order chi connectivity index (χ1) is 5.95. The SMILES string of the molecule is COc1cc(C(F)(F)F)ncc1N. The second-order valence-corrected chi connectivity index (χ2v) is 2.31. The summed E-state index contributed by atoms with van der Waals surface area (Å²) in [7, 11) is 1.24. The number of nitrogen functional groups attached to an aromatic ring is 1. The predicted molar refractivity (Wildman–Crippen MR) is 40.2 cm³/mol. The summed E-state index contributed by atoms with van der Waals surface area (Å²) >= 11 is 0. The van der Waals surface area contributed by atoms with Gasteiger partial charge in [0.05, 0.1) is 19.0 Å². The molecule has 0 unspecified atom stereocenters. The molecular formula is C7H7F3N2O. The predicted octanol–water partition coefficient (Wildman–Crippen LogP) is 1.69. The van der Waals surface area contributed by atoms with Crippen molar-refractivity contribution in [3.05, 3.63) is 18.0 Å². The van der Waals surface area contributed by atoms with Gasteiger partial charge in [0.1, 0.15) is 11.4 Å². The number of nitrogens with two attached hydrogens (primary N) is 1. The van der Waals surface area contributed by atoms with E-state index in [0.717, 1.165) is 12.3 Å². The van der Waals surface area contributed by atoms with Crippen molar-refractivity contribution in [2.45, 2.75) is 6.18 Å². The van der Waals surface area contributed by atoms with E-state index >= 15 is 0 Å². The van der Waals surface area contributed by atoms with Gasteiger partial charge in [-0.3, -0.25) is 0 Å². The summed E-state index contributed by atoms with van der Waals surface area (Å²) in [6, 6.07) is 0.759. The Morgan fingerprint density at radius 1 is 1.46 bits per heavy atom. The van der Waals surface area contributed by atoms with Crippen LogP contribution in [0.2, 0.25) is 0 Å². The molecule has 0 saturated carbocycles. The Morgan fingerprint density at radius 2 is 2.08 bits per heavy atom. The molecule has 0 aliphatic heterocycles. The Balaban J connectivity index is 3.14. The largest absolute Gasteiger partial charge is 0.494 e. The average Bonchev–Trinajstić information content (AvgIpc) is 2.03. The van der Waals surface area contributed by atoms with Crippen molar-refractivity contribution >= 4 is 5.69 Å². The van der Waals surface area contributed by atoms with E-state index in [1.165, 1.54) is 7.11 Å². The van der Waals surface area contributed by atoms with Gasteiger partial charge < -0.3 is 10.5 Å². The molecule has 1 heterocycles. The van der Waals surface area contributed by atoms with E-state index in [1.54, 1.807) is 0 Å². The van der Waals surface area contributed by atoms with Crippen LogP contribution in [0.5, 0.6) is 5.75 Å². The molecule has 3 nitrogen and oxygen atoms in total. The molecule has 0 fully saturated rings. The highest BCUT2D eigenvalue weighted by atomic mass is 19.4. The summed E-state index contributed by atoms with van der Waals surface area (Å²) in [5, 5.41) is 0. The molecule has 13 heavy (non-hydrogen) atoms. The van der Waals surface area contributed by atoms with Crippen LogP contribution >= 0.6 is 0 Å². The highest BCUT2D eigenvalue weighted by Crippen LogP contribution is 2.31. The first kappa shape index (κ1) is 9.63. The molecule has 6 heteroatoms. The highest BCUT2D eigenvalue weighted by molar-refractivity contribution is 5.51. The van der Waals surface area contributed by atoms with Gasteiger partial charge in [-0.25, -0.2) is 4.98 Å². The lowest BCUT2D eigenvalue weighted by Gasteiger charge is -2.08. The summed E-state index contributed by atoms with van der Waals surface area (Å²) in [6.07, 6.45) is -3.55. The number of nitrogens with zero attached hydrogens (tertiary/aromatic N) is 1. The number of rotatable bonds is 1. The molecule has 0 amide bonds. The number of pyridine rings is 1. The molecule has 0 bridgehead atoms. The van der Waals surface area contributed by atoms with E-state index in [-0.39, 0.29) is 11.4 Å². The number of halogens is 3. The standard InChI is InChI=1S/C7H7F3N2O/c1-13-5-2-6(7(8,9)10)12-3-4(5)11/h2-3H,11H2,1H3. The first-order valence-electron chi connectivity index (χ1n) is 3.32. The fourth-order valence-electron chi connectivity index (χ4n) is 0.779. The normalized spacial score (nSPS) is 11.4. The van der Waals surface area contributed by atoms with E-state index in [9.17, 15) is 13.2 Å². The number of hydrogen-bond acceptors (Lipinski definition) is 3. The van der Waals surface area contributed by atoms with E-state index in [4.69, 9.17) is 5.73 Å². The Kier molecular flexibility index (Phi) is 2.31. The molecule has 0 aromatic carbocycles. The minimum atomic E-state index is -4.47. The van der Waals surface area contributed by atoms with Crippen molar-refractivity contribution < 1.29 is 17.9 Å². The van der Waals surface area contributed by atoms with Gasteiger partial charge in [0.15, 0.2) is 0 Å². The lowest BCUT2D eigenvalue weighted by Crippen LogP contribution is -2.08. The van der Waals surface area contributed by atoms with E-state index < -0.39 is 11.9 Å². The molecule has 1 rings (SSSR count). The Morgan fingerprint density at radius 3 is 2.54 bits per heavy atom. The fourth-order valence-corrected chi connectivity index (χ4v) is 0.779. The molecule has 0 spiro atoms. The molecule has 1 aromatic heterocycles. The second kappa shape index (κ2) is 3.12. The number of aromatic nitrogens is 1. The van der Waals surface area contributed by atoms with Crippen molar-refractivity contribution in [3.8, 4) is 5.75 Å². The lowest BCUT2D eigenvalue weighted by molar-refractivity contribution is -0.141. The topological polar surface area (TPSA) is 48.1 Å². The zero-order valence-electron chi connectivity index (χ0n) is 6.72. The molecule has 0 atom stereocenters. The number of alkyl halides is 3. The monoisotopic (exact) mass is 192 g/mol. The average molecular weight is 192 g/mol. The molecule has 0 radical (unpaired) electrons. The van der Waals surface area contributed by atoms with Crippen LogP contribution in [0.4, 0.5) is 18.9 Å². The third-order valence-electron chi connectivity index (χ3n) is 1.41. The van der Waals surface area contributed by atoms with Crippen molar-refractivity contribution in [1.29, 1.82) is 0 Å². The lowest BCUT2D eigenvalue weighted by atomic mass is 10.3. The van der Waals surface area contributed by atoms with Crippen LogP contribution < -0.4 is 10.5 Å². The van der Waals surface area contributed by atoms with Gasteiger partial charge in [-0.15, -0.1) is 0 Å². The Labute approximate surface area is 72.3 Å². The molecular weight excluding hydrogens is 185 g/mol. The molecule has 0 aliphatic rings. The van der Waals surface area contributed by atoms with Crippen molar-refractivity contribution in [2.24, 2.45) is 0 Å². The first-order valence-corrected chi connectivity index (χ1v) is 3.32. The van der Waals surface area contributed by atoms with Crippen LogP contribution in [0, 0.1) is 0 Å². The van der Waals surface area contributed by atoms with Gasteiger partial charge in [0, 0.05) is 6.07 Å². The summed E-state index contributed by atoms with van der Waals surface area (Å²) in [5.41, 5.74) is 4.35. The number of methoxy groups -OCH3 is 1. The van der Waals surface area contributed by atoms with Gasteiger partial charge in [0.25, 0.3) is 0 Å². The Bertz CT molecular complexity index is 311. The minimum absolute atomic E-state index is 0.0256. The maximum Gasteiger partial charge on any atom is 0.433 e. The van der Waals surface area contributed by atoms with Crippen LogP contribution in [0.25, 0.3) is 0 Å². The minimum Gasteiger partial charge on any atom is -0.494 e. The fraction of sp³-hybridized carbons (Fsp3) is 0.286. The van der Waals surface area contributed by atoms with Crippen LogP contribution in [-0.4, -0.2) is 12.1 Å². The third-order valence-corrected chi connectivity index (χ3v) is 1.41. The van der Waals surface area contributed by atoms with Gasteiger partial charge in [-0.2, -0.15) is 13.2 Å². The maximum absolute atomic E-state index is 12.1. The molecule has 0 saturated heterocycles. The van der Waals surface area contributed by atoms with Gasteiger partial charge in [0.2, 0.25) is 0 Å². The zero-order valence-corrected chi connectivity index (χ0v) is 6.72. The summed E-state index contributed by atoms with van der Waals surface area (Å²) in [4.78, 5) is 3.13. The summed E-state index contributed by atoms with van der Waals surface area (Å²) in [5.74, 6) is -0.0256. The quantitative estimate of drug-likeness (QED) is 0.736. The van der Waals surface area contributed by atoms with Crippen molar-refractivity contribution in [3.63, 3.8) is 0 Å². The number of hydrogen-bond donors (Lipinski definition) is 1.